The van der Waals surface area contributed by atoms with Crippen molar-refractivity contribution in [3.05, 3.63) is 48.2 Å². The summed E-state index contributed by atoms with van der Waals surface area (Å²) in [6.45, 7) is 5.54. The summed E-state index contributed by atoms with van der Waals surface area (Å²) in [7, 11) is 0. The summed E-state index contributed by atoms with van der Waals surface area (Å²) in [4.78, 5) is 6.55. The van der Waals surface area contributed by atoms with Gasteiger partial charge in [0.25, 0.3) is 0 Å². The summed E-state index contributed by atoms with van der Waals surface area (Å²) in [5.74, 6) is 2.83. The second kappa shape index (κ2) is 6.57. The predicted octanol–water partition coefficient (Wildman–Crippen LogP) is 3.19. The van der Waals surface area contributed by atoms with Gasteiger partial charge in [-0.15, -0.1) is 0 Å². The van der Waals surface area contributed by atoms with Crippen LogP contribution in [-0.4, -0.2) is 41.3 Å². The molecule has 0 amide bonds. The molecule has 2 atom stereocenters. The zero-order valence-corrected chi connectivity index (χ0v) is 14.1. The fourth-order valence-electron chi connectivity index (χ4n) is 3.89. The Morgan fingerprint density at radius 3 is 3.12 bits per heavy atom. The highest BCUT2D eigenvalue weighted by Gasteiger charge is 2.44. The molecule has 2 fully saturated rings. The Morgan fingerprint density at radius 1 is 1.38 bits per heavy atom. The number of aromatic nitrogens is 1. The number of likely N-dealkylation sites (tertiary alicyclic amines) is 1. The maximum Gasteiger partial charge on any atom is 0.138 e. The minimum atomic E-state index is -0.0766. The number of hydrogen-bond donors (Lipinski definition) is 0. The molecule has 0 radical (unpaired) electrons. The molecule has 0 aromatic carbocycles. The average Bonchev–Trinajstić information content (AvgIpc) is 3.15. The molecule has 0 aliphatic carbocycles. The first-order chi connectivity index (χ1) is 11.7. The number of aryl methyl sites for hydroxylation is 1. The van der Waals surface area contributed by atoms with Crippen LogP contribution in [0.1, 0.15) is 30.8 Å². The number of pyridine rings is 1. The summed E-state index contributed by atoms with van der Waals surface area (Å²) in [5.41, 5.74) is -0.0766. The van der Waals surface area contributed by atoms with Gasteiger partial charge < -0.3 is 13.9 Å². The van der Waals surface area contributed by atoms with E-state index in [4.69, 9.17) is 13.9 Å². The Hall–Kier alpha value is -1.85. The van der Waals surface area contributed by atoms with E-state index in [9.17, 15) is 0 Å². The molecule has 2 aliphatic heterocycles. The summed E-state index contributed by atoms with van der Waals surface area (Å²) in [6, 6.07) is 7.94. The number of nitrogens with zero attached hydrogens (tertiary/aromatic N) is 2. The Morgan fingerprint density at radius 2 is 2.33 bits per heavy atom. The van der Waals surface area contributed by atoms with Gasteiger partial charge in [-0.1, -0.05) is 0 Å². The first kappa shape index (κ1) is 15.7. The first-order valence-corrected chi connectivity index (χ1v) is 8.69. The monoisotopic (exact) mass is 328 g/mol. The third kappa shape index (κ3) is 3.47. The Labute approximate surface area is 142 Å². The van der Waals surface area contributed by atoms with Gasteiger partial charge in [-0.3, -0.25) is 9.88 Å². The highest BCUT2D eigenvalue weighted by molar-refractivity contribution is 5.16. The van der Waals surface area contributed by atoms with Crippen molar-refractivity contribution in [3.8, 4) is 5.75 Å². The highest BCUT2D eigenvalue weighted by atomic mass is 16.6. The minimum absolute atomic E-state index is 0.0766. The van der Waals surface area contributed by atoms with Crippen molar-refractivity contribution in [2.75, 3.05) is 19.7 Å². The molecule has 1 spiro atoms. The molecule has 0 bridgehead atoms. The minimum Gasteiger partial charge on any atom is -0.486 e. The normalized spacial score (nSPS) is 27.6. The van der Waals surface area contributed by atoms with Crippen molar-refractivity contribution in [2.24, 2.45) is 0 Å². The van der Waals surface area contributed by atoms with Crippen molar-refractivity contribution < 1.29 is 13.9 Å². The first-order valence-electron chi connectivity index (χ1n) is 8.69. The van der Waals surface area contributed by atoms with Crippen LogP contribution in [-0.2, 0) is 11.3 Å². The molecule has 4 heterocycles. The van der Waals surface area contributed by atoms with E-state index in [2.05, 4.69) is 16.0 Å². The molecule has 2 aromatic heterocycles. The number of furan rings is 1. The topological polar surface area (TPSA) is 47.7 Å². The molecular formula is C19H24N2O3. The lowest BCUT2D eigenvalue weighted by molar-refractivity contribution is -0.0550. The number of ether oxygens (including phenoxy) is 2. The lowest BCUT2D eigenvalue weighted by Gasteiger charge is -2.39. The van der Waals surface area contributed by atoms with Gasteiger partial charge in [0.1, 0.15) is 23.4 Å². The number of rotatable bonds is 4. The van der Waals surface area contributed by atoms with Crippen LogP contribution in [0.2, 0.25) is 0 Å². The highest BCUT2D eigenvalue weighted by Crippen LogP contribution is 2.36. The third-order valence-electron chi connectivity index (χ3n) is 4.91. The van der Waals surface area contributed by atoms with Gasteiger partial charge in [-0.25, -0.2) is 0 Å². The van der Waals surface area contributed by atoms with E-state index in [0.29, 0.717) is 6.61 Å². The van der Waals surface area contributed by atoms with Crippen LogP contribution in [0.15, 0.2) is 41.1 Å². The Bertz CT molecular complexity index is 672. The van der Waals surface area contributed by atoms with Crippen LogP contribution >= 0.6 is 0 Å². The van der Waals surface area contributed by atoms with Gasteiger partial charge in [0.2, 0.25) is 0 Å². The summed E-state index contributed by atoms with van der Waals surface area (Å²) in [5, 5.41) is 0. The molecule has 0 saturated carbocycles. The van der Waals surface area contributed by atoms with Gasteiger partial charge >= 0.3 is 0 Å². The molecule has 128 valence electrons. The predicted molar refractivity (Wildman–Crippen MR) is 89.9 cm³/mol. The molecule has 2 saturated heterocycles. The van der Waals surface area contributed by atoms with Crippen LogP contribution in [0, 0.1) is 6.92 Å². The average molecular weight is 328 g/mol. The van der Waals surface area contributed by atoms with E-state index in [0.717, 1.165) is 56.2 Å². The lowest BCUT2D eigenvalue weighted by atomic mass is 9.89. The van der Waals surface area contributed by atoms with Crippen LogP contribution in [0.3, 0.4) is 0 Å². The summed E-state index contributed by atoms with van der Waals surface area (Å²) in [6.07, 6.45) is 6.83. The van der Waals surface area contributed by atoms with E-state index in [-0.39, 0.29) is 11.7 Å². The number of hydrogen-bond acceptors (Lipinski definition) is 5. The zero-order chi connectivity index (χ0) is 16.4. The van der Waals surface area contributed by atoms with Crippen molar-refractivity contribution in [1.82, 2.24) is 9.88 Å². The summed E-state index contributed by atoms with van der Waals surface area (Å²) < 4.78 is 18.0. The fraction of sp³-hybridized carbons (Fsp3) is 0.526. The van der Waals surface area contributed by atoms with Gasteiger partial charge in [0.05, 0.1) is 24.9 Å². The van der Waals surface area contributed by atoms with Crippen LogP contribution in [0.25, 0.3) is 0 Å². The molecule has 0 N–H and O–H groups in total. The smallest absolute Gasteiger partial charge is 0.138 e. The molecule has 4 rings (SSSR count). The van der Waals surface area contributed by atoms with E-state index >= 15 is 0 Å². The van der Waals surface area contributed by atoms with Crippen LogP contribution in [0.5, 0.6) is 5.75 Å². The van der Waals surface area contributed by atoms with Crippen molar-refractivity contribution in [1.29, 1.82) is 0 Å². The molecule has 2 aliphatic rings. The number of piperidine rings is 1. The third-order valence-corrected chi connectivity index (χ3v) is 4.91. The molecule has 24 heavy (non-hydrogen) atoms. The molecule has 2 aromatic rings. The Kier molecular flexibility index (Phi) is 4.29. The van der Waals surface area contributed by atoms with Crippen molar-refractivity contribution >= 4 is 0 Å². The maximum atomic E-state index is 6.22. The Balaban J connectivity index is 1.36. The van der Waals surface area contributed by atoms with Gasteiger partial charge in [-0.2, -0.15) is 0 Å². The quantitative estimate of drug-likeness (QED) is 0.863. The SMILES string of the molecule is Cc1ccc(CN2CCC[C@@]3(C[C@@H](Oc4cccnc4)CO3)C2)o1. The standard InChI is InChI=1S/C19H24N2O3/c1-15-5-6-17(23-15)12-21-9-3-7-19(14-21)10-18(13-22-19)24-16-4-2-8-20-11-16/h2,4-6,8,11,18H,3,7,9-10,12-14H2,1H3/t18-,19-/m1/s1. The zero-order valence-electron chi connectivity index (χ0n) is 14.1. The fourth-order valence-corrected chi connectivity index (χ4v) is 3.89. The van der Waals surface area contributed by atoms with E-state index < -0.39 is 0 Å². The second-order valence-electron chi connectivity index (χ2n) is 6.95. The van der Waals surface area contributed by atoms with E-state index in [1.165, 1.54) is 0 Å². The van der Waals surface area contributed by atoms with E-state index in [1.54, 1.807) is 12.4 Å². The van der Waals surface area contributed by atoms with E-state index in [1.807, 2.05) is 25.1 Å². The largest absolute Gasteiger partial charge is 0.486 e. The van der Waals surface area contributed by atoms with Gasteiger partial charge in [0, 0.05) is 19.2 Å². The summed E-state index contributed by atoms with van der Waals surface area (Å²) >= 11 is 0. The van der Waals surface area contributed by atoms with Gasteiger partial charge in [0.15, 0.2) is 0 Å². The van der Waals surface area contributed by atoms with Gasteiger partial charge in [-0.05, 0) is 50.6 Å². The molecule has 0 unspecified atom stereocenters. The molecule has 5 heteroatoms. The van der Waals surface area contributed by atoms with Crippen molar-refractivity contribution in [3.63, 3.8) is 0 Å². The molecule has 5 nitrogen and oxygen atoms in total. The lowest BCUT2D eigenvalue weighted by Crippen LogP contribution is -2.47. The van der Waals surface area contributed by atoms with Crippen molar-refractivity contribution in [2.45, 2.75) is 44.4 Å². The second-order valence-corrected chi connectivity index (χ2v) is 6.95. The maximum absolute atomic E-state index is 6.22. The molecular weight excluding hydrogens is 304 g/mol. The van der Waals surface area contributed by atoms with Crippen LogP contribution < -0.4 is 4.74 Å². The van der Waals surface area contributed by atoms with Crippen LogP contribution in [0.4, 0.5) is 0 Å².